The number of carbonyl (C=O) groups is 1. The van der Waals surface area contributed by atoms with Gasteiger partial charge in [-0.1, -0.05) is 49.5 Å². The summed E-state index contributed by atoms with van der Waals surface area (Å²) < 4.78 is 11.8. The first-order valence-corrected chi connectivity index (χ1v) is 9.12. The Morgan fingerprint density at radius 1 is 1.46 bits per heavy atom. The van der Waals surface area contributed by atoms with Gasteiger partial charge in [-0.05, 0) is 30.2 Å². The number of unbranched alkanes of at least 4 members (excludes halogenated alkanes) is 1. The molecule has 0 aromatic heterocycles. The number of para-hydroxylation sites is 1. The molecule has 0 aliphatic carbocycles. The van der Waals surface area contributed by atoms with E-state index in [0.717, 1.165) is 29.7 Å². The molecule has 1 aromatic carbocycles. The van der Waals surface area contributed by atoms with Gasteiger partial charge in [-0.15, -0.1) is 0 Å². The van der Waals surface area contributed by atoms with Gasteiger partial charge in [-0.3, -0.25) is 9.69 Å². The van der Waals surface area contributed by atoms with Crippen LogP contribution in [0.2, 0.25) is 0 Å². The molecular weight excluding hydrogens is 342 g/mol. The predicted molar refractivity (Wildman–Crippen MR) is 101 cm³/mol. The highest BCUT2D eigenvalue weighted by Gasteiger charge is 2.31. The summed E-state index contributed by atoms with van der Waals surface area (Å²) in [6, 6.07) is 5.76. The summed E-state index contributed by atoms with van der Waals surface area (Å²) in [7, 11) is 1.62. The standard InChI is InChI=1S/C18H19NO3S2/c1-3-4-8-19-17(20)15(24-18(19)23)10-12-9-13-6-5-7-14(21-2)16(13)22-11-12/h5-7,9-10H,3-4,8,11H2,1-2H3/b15-10-. The molecule has 2 aliphatic heterocycles. The molecule has 3 rings (SSSR count). The second-order valence-corrected chi connectivity index (χ2v) is 7.25. The van der Waals surface area contributed by atoms with Crippen molar-refractivity contribution in [2.75, 3.05) is 20.3 Å². The van der Waals surface area contributed by atoms with Crippen LogP contribution < -0.4 is 9.47 Å². The summed E-state index contributed by atoms with van der Waals surface area (Å²) in [5, 5.41) is 0. The molecule has 126 valence electrons. The van der Waals surface area contributed by atoms with Gasteiger partial charge in [0, 0.05) is 12.1 Å². The normalized spacial score (nSPS) is 18.5. The number of thiocarbonyl (C=S) groups is 1. The van der Waals surface area contributed by atoms with E-state index < -0.39 is 0 Å². The Morgan fingerprint density at radius 2 is 2.29 bits per heavy atom. The van der Waals surface area contributed by atoms with Crippen LogP contribution in [0.15, 0.2) is 34.8 Å². The summed E-state index contributed by atoms with van der Waals surface area (Å²) in [6.45, 7) is 3.20. The first-order chi connectivity index (χ1) is 11.6. The molecule has 1 fully saturated rings. The molecule has 6 heteroatoms. The molecule has 0 N–H and O–H groups in total. The minimum atomic E-state index is -0.00390. The van der Waals surface area contributed by atoms with Gasteiger partial charge in [0.2, 0.25) is 0 Å². The molecule has 0 unspecified atom stereocenters. The molecule has 2 heterocycles. The van der Waals surface area contributed by atoms with Crippen LogP contribution in [0.4, 0.5) is 0 Å². The van der Waals surface area contributed by atoms with Gasteiger partial charge in [0.05, 0.1) is 12.0 Å². The summed E-state index contributed by atoms with van der Waals surface area (Å²) in [4.78, 5) is 14.9. The zero-order valence-electron chi connectivity index (χ0n) is 13.7. The molecule has 1 saturated heterocycles. The lowest BCUT2D eigenvalue weighted by atomic mass is 10.1. The third-order valence-electron chi connectivity index (χ3n) is 3.88. The Balaban J connectivity index is 1.83. The zero-order valence-corrected chi connectivity index (χ0v) is 15.3. The van der Waals surface area contributed by atoms with Gasteiger partial charge in [0.1, 0.15) is 10.9 Å². The second kappa shape index (κ2) is 7.40. The first kappa shape index (κ1) is 17.0. The van der Waals surface area contributed by atoms with Gasteiger partial charge in [0.15, 0.2) is 11.5 Å². The Morgan fingerprint density at radius 3 is 3.04 bits per heavy atom. The van der Waals surface area contributed by atoms with Crippen molar-refractivity contribution in [2.45, 2.75) is 19.8 Å². The first-order valence-electron chi connectivity index (χ1n) is 7.89. The maximum Gasteiger partial charge on any atom is 0.266 e. The summed E-state index contributed by atoms with van der Waals surface area (Å²) in [5.74, 6) is 1.46. The average Bonchev–Trinajstić information content (AvgIpc) is 2.85. The Labute approximate surface area is 151 Å². The van der Waals surface area contributed by atoms with Gasteiger partial charge >= 0.3 is 0 Å². The van der Waals surface area contributed by atoms with Gasteiger partial charge < -0.3 is 9.47 Å². The molecule has 4 nitrogen and oxygen atoms in total. The number of ether oxygens (including phenoxy) is 2. The number of benzene rings is 1. The van der Waals surface area contributed by atoms with E-state index in [1.807, 2.05) is 30.4 Å². The van der Waals surface area contributed by atoms with E-state index in [1.165, 1.54) is 11.8 Å². The molecule has 1 amide bonds. The fourth-order valence-corrected chi connectivity index (χ4v) is 3.94. The fraction of sp³-hybridized carbons (Fsp3) is 0.333. The molecule has 24 heavy (non-hydrogen) atoms. The lowest BCUT2D eigenvalue weighted by Crippen LogP contribution is -2.29. The number of nitrogens with zero attached hydrogens (tertiary/aromatic N) is 1. The number of carbonyl (C=O) groups excluding carboxylic acids is 1. The van der Waals surface area contributed by atoms with Crippen LogP contribution in [-0.4, -0.2) is 35.4 Å². The molecule has 0 atom stereocenters. The molecule has 0 saturated carbocycles. The number of rotatable bonds is 5. The maximum atomic E-state index is 12.5. The zero-order chi connectivity index (χ0) is 17.1. The van der Waals surface area contributed by atoms with Crippen molar-refractivity contribution in [3.63, 3.8) is 0 Å². The van der Waals surface area contributed by atoms with Gasteiger partial charge in [-0.25, -0.2) is 0 Å². The van der Waals surface area contributed by atoms with Crippen LogP contribution in [-0.2, 0) is 4.79 Å². The third kappa shape index (κ3) is 3.35. The van der Waals surface area contributed by atoms with Crippen molar-refractivity contribution >= 4 is 40.3 Å². The number of hydrogen-bond acceptors (Lipinski definition) is 5. The van der Waals surface area contributed by atoms with Crippen LogP contribution in [0, 0.1) is 0 Å². The highest BCUT2D eigenvalue weighted by molar-refractivity contribution is 8.26. The number of fused-ring (bicyclic) bond motifs is 1. The Kier molecular flexibility index (Phi) is 5.26. The van der Waals surface area contributed by atoms with Crippen molar-refractivity contribution < 1.29 is 14.3 Å². The topological polar surface area (TPSA) is 38.8 Å². The predicted octanol–water partition coefficient (Wildman–Crippen LogP) is 4.02. The van der Waals surface area contributed by atoms with Crippen LogP contribution in [0.3, 0.4) is 0 Å². The van der Waals surface area contributed by atoms with Crippen molar-refractivity contribution in [3.8, 4) is 11.5 Å². The number of thioether (sulfide) groups is 1. The summed E-state index contributed by atoms with van der Waals surface area (Å²) >= 11 is 6.69. The lowest BCUT2D eigenvalue weighted by Gasteiger charge is -2.18. The summed E-state index contributed by atoms with van der Waals surface area (Å²) in [6.07, 6.45) is 5.90. The average molecular weight is 361 g/mol. The van der Waals surface area contributed by atoms with Crippen molar-refractivity contribution in [1.29, 1.82) is 0 Å². The van der Waals surface area contributed by atoms with Crippen LogP contribution in [0.5, 0.6) is 11.5 Å². The number of hydrogen-bond donors (Lipinski definition) is 0. The molecular formula is C18H19NO3S2. The minimum absolute atomic E-state index is 0.00390. The molecule has 2 aliphatic rings. The van der Waals surface area contributed by atoms with E-state index in [0.29, 0.717) is 28.1 Å². The van der Waals surface area contributed by atoms with E-state index in [-0.39, 0.29) is 5.91 Å². The van der Waals surface area contributed by atoms with E-state index >= 15 is 0 Å². The molecule has 0 bridgehead atoms. The van der Waals surface area contributed by atoms with E-state index in [9.17, 15) is 4.79 Å². The van der Waals surface area contributed by atoms with Crippen molar-refractivity contribution in [3.05, 3.63) is 40.3 Å². The molecule has 0 spiro atoms. The molecule has 0 radical (unpaired) electrons. The van der Waals surface area contributed by atoms with Gasteiger partial charge in [0.25, 0.3) is 5.91 Å². The fourth-order valence-electron chi connectivity index (χ4n) is 2.62. The Hall–Kier alpha value is -1.79. The van der Waals surface area contributed by atoms with Gasteiger partial charge in [-0.2, -0.15) is 0 Å². The monoisotopic (exact) mass is 361 g/mol. The van der Waals surface area contributed by atoms with Crippen LogP contribution >= 0.6 is 24.0 Å². The lowest BCUT2D eigenvalue weighted by molar-refractivity contribution is -0.122. The number of amides is 1. The van der Waals surface area contributed by atoms with Crippen molar-refractivity contribution in [2.24, 2.45) is 0 Å². The minimum Gasteiger partial charge on any atom is -0.493 e. The largest absolute Gasteiger partial charge is 0.493 e. The number of methoxy groups -OCH3 is 1. The molecule has 1 aromatic rings. The maximum absolute atomic E-state index is 12.5. The smallest absolute Gasteiger partial charge is 0.266 e. The highest BCUT2D eigenvalue weighted by Crippen LogP contribution is 2.37. The second-order valence-electron chi connectivity index (χ2n) is 5.57. The summed E-state index contributed by atoms with van der Waals surface area (Å²) in [5.41, 5.74) is 1.90. The van der Waals surface area contributed by atoms with E-state index in [2.05, 4.69) is 6.92 Å². The SMILES string of the molecule is CCCCN1C(=O)/C(=C/C2=Cc3cccc(OC)c3OC2)SC1=S. The van der Waals surface area contributed by atoms with Crippen LogP contribution in [0.1, 0.15) is 25.3 Å². The van der Waals surface area contributed by atoms with Crippen molar-refractivity contribution in [1.82, 2.24) is 4.90 Å². The van der Waals surface area contributed by atoms with E-state index in [4.69, 9.17) is 21.7 Å². The quantitative estimate of drug-likeness (QED) is 0.585. The highest BCUT2D eigenvalue weighted by atomic mass is 32.2. The third-order valence-corrected chi connectivity index (χ3v) is 5.26. The van der Waals surface area contributed by atoms with Crippen LogP contribution in [0.25, 0.3) is 6.08 Å². The Bertz CT molecular complexity index is 740. The van der Waals surface area contributed by atoms with E-state index in [1.54, 1.807) is 12.0 Å².